The first kappa shape index (κ1) is 11.5. The Morgan fingerprint density at radius 2 is 2.17 bits per heavy atom. The third kappa shape index (κ3) is 2.88. The molecule has 0 radical (unpaired) electrons. The summed E-state index contributed by atoms with van der Waals surface area (Å²) in [7, 11) is 0. The van der Waals surface area contributed by atoms with Gasteiger partial charge in [-0.15, -0.1) is 12.4 Å². The molecule has 4 heteroatoms. The second-order valence-electron chi connectivity index (χ2n) is 2.16. The van der Waals surface area contributed by atoms with E-state index in [1.807, 2.05) is 6.92 Å². The fourth-order valence-electron chi connectivity index (χ4n) is 0.810. The number of nitrogens with one attached hydrogen (secondary N) is 1. The Morgan fingerprint density at radius 1 is 1.50 bits per heavy atom. The predicted molar refractivity (Wildman–Crippen MR) is 52.8 cm³/mol. The molecule has 0 aliphatic carbocycles. The molecule has 1 N–H and O–H groups in total. The van der Waals surface area contributed by atoms with Crippen molar-refractivity contribution in [2.24, 2.45) is 0 Å². The van der Waals surface area contributed by atoms with E-state index < -0.39 is 0 Å². The van der Waals surface area contributed by atoms with Crippen molar-refractivity contribution in [2.45, 2.75) is 6.92 Å². The molecule has 1 rings (SSSR count). The summed E-state index contributed by atoms with van der Waals surface area (Å²) in [4.78, 5) is 0. The minimum atomic E-state index is -0.384. The SMILES string of the molecule is CCNc1ccc(Cl)c(F)c1.Cl. The van der Waals surface area contributed by atoms with E-state index in [0.717, 1.165) is 12.2 Å². The highest BCUT2D eigenvalue weighted by molar-refractivity contribution is 6.30. The first-order valence-corrected chi connectivity index (χ1v) is 3.80. The van der Waals surface area contributed by atoms with Crippen LogP contribution in [0.25, 0.3) is 0 Å². The van der Waals surface area contributed by atoms with E-state index in [0.29, 0.717) is 0 Å². The lowest BCUT2D eigenvalue weighted by molar-refractivity contribution is 0.628. The summed E-state index contributed by atoms with van der Waals surface area (Å²) >= 11 is 5.48. The van der Waals surface area contributed by atoms with Gasteiger partial charge in [0.1, 0.15) is 5.82 Å². The smallest absolute Gasteiger partial charge is 0.143 e. The summed E-state index contributed by atoms with van der Waals surface area (Å²) in [6.45, 7) is 2.73. The maximum absolute atomic E-state index is 12.7. The first-order chi connectivity index (χ1) is 5.24. The predicted octanol–water partition coefficient (Wildman–Crippen LogP) is 3.33. The summed E-state index contributed by atoms with van der Waals surface area (Å²) in [6, 6.07) is 4.66. The highest BCUT2D eigenvalue weighted by Crippen LogP contribution is 2.18. The maximum atomic E-state index is 12.7. The molecule has 0 bridgehead atoms. The van der Waals surface area contributed by atoms with Gasteiger partial charge in [-0.3, -0.25) is 0 Å². The molecule has 0 heterocycles. The summed E-state index contributed by atoms with van der Waals surface area (Å²) in [5, 5.41) is 3.14. The van der Waals surface area contributed by atoms with Crippen molar-refractivity contribution < 1.29 is 4.39 Å². The van der Waals surface area contributed by atoms with Gasteiger partial charge in [-0.05, 0) is 25.1 Å². The Balaban J connectivity index is 0.00000121. The molecule has 0 unspecified atom stereocenters. The molecule has 0 saturated carbocycles. The quantitative estimate of drug-likeness (QED) is 0.789. The van der Waals surface area contributed by atoms with Gasteiger partial charge in [-0.2, -0.15) is 0 Å². The Kier molecular flexibility index (Phi) is 5.02. The van der Waals surface area contributed by atoms with Crippen molar-refractivity contribution in [1.82, 2.24) is 0 Å². The maximum Gasteiger partial charge on any atom is 0.143 e. The molecular weight excluding hydrogens is 200 g/mol. The van der Waals surface area contributed by atoms with Crippen LogP contribution in [-0.2, 0) is 0 Å². The van der Waals surface area contributed by atoms with Crippen LogP contribution in [0.3, 0.4) is 0 Å². The van der Waals surface area contributed by atoms with Gasteiger partial charge in [-0.25, -0.2) is 4.39 Å². The fraction of sp³-hybridized carbons (Fsp3) is 0.250. The standard InChI is InChI=1S/C8H9ClFN.ClH/c1-2-11-6-3-4-7(9)8(10)5-6;/h3-5,11H,2H2,1H3;1H. The lowest BCUT2D eigenvalue weighted by Gasteiger charge is -2.02. The molecule has 0 fully saturated rings. The Bertz CT molecular complexity index is 253. The van der Waals surface area contributed by atoms with Gasteiger partial charge in [0.2, 0.25) is 0 Å². The van der Waals surface area contributed by atoms with Crippen LogP contribution in [-0.4, -0.2) is 6.54 Å². The highest BCUT2D eigenvalue weighted by Gasteiger charge is 1.98. The van der Waals surface area contributed by atoms with Gasteiger partial charge in [-0.1, -0.05) is 11.6 Å². The van der Waals surface area contributed by atoms with Crippen LogP contribution in [0.4, 0.5) is 10.1 Å². The molecular formula is C8H10Cl2FN. The van der Waals surface area contributed by atoms with E-state index in [1.165, 1.54) is 12.1 Å². The van der Waals surface area contributed by atoms with Crippen LogP contribution >= 0.6 is 24.0 Å². The molecule has 0 atom stereocenters. The fourth-order valence-corrected chi connectivity index (χ4v) is 0.928. The summed E-state index contributed by atoms with van der Waals surface area (Å²) < 4.78 is 12.7. The average Bonchev–Trinajstić information content (AvgIpc) is 1.98. The number of hydrogen-bond acceptors (Lipinski definition) is 1. The van der Waals surface area contributed by atoms with Gasteiger partial charge in [0, 0.05) is 12.2 Å². The van der Waals surface area contributed by atoms with E-state index in [4.69, 9.17) is 11.6 Å². The van der Waals surface area contributed by atoms with E-state index in [9.17, 15) is 4.39 Å². The number of halogens is 3. The monoisotopic (exact) mass is 209 g/mol. The second-order valence-corrected chi connectivity index (χ2v) is 2.57. The molecule has 0 aliphatic rings. The number of benzene rings is 1. The highest BCUT2D eigenvalue weighted by atomic mass is 35.5. The van der Waals surface area contributed by atoms with Crippen LogP contribution < -0.4 is 5.32 Å². The molecule has 1 aromatic rings. The number of hydrogen-bond donors (Lipinski definition) is 1. The van der Waals surface area contributed by atoms with Crippen molar-refractivity contribution in [3.63, 3.8) is 0 Å². The minimum absolute atomic E-state index is 0. The lowest BCUT2D eigenvalue weighted by atomic mass is 10.3. The number of anilines is 1. The van der Waals surface area contributed by atoms with Gasteiger partial charge in [0.05, 0.1) is 5.02 Å². The van der Waals surface area contributed by atoms with Crippen LogP contribution in [0.2, 0.25) is 5.02 Å². The summed E-state index contributed by atoms with van der Waals surface area (Å²) in [5.74, 6) is -0.384. The Morgan fingerprint density at radius 3 is 2.67 bits per heavy atom. The number of rotatable bonds is 2. The Labute approximate surface area is 82.3 Å². The van der Waals surface area contributed by atoms with Gasteiger partial charge in [0.15, 0.2) is 0 Å². The topological polar surface area (TPSA) is 12.0 Å². The normalized spacial score (nSPS) is 8.92. The van der Waals surface area contributed by atoms with Gasteiger partial charge >= 0.3 is 0 Å². The van der Waals surface area contributed by atoms with Crippen LogP contribution in [0.5, 0.6) is 0 Å². The molecule has 0 aromatic heterocycles. The molecule has 0 saturated heterocycles. The molecule has 12 heavy (non-hydrogen) atoms. The third-order valence-electron chi connectivity index (χ3n) is 1.30. The molecule has 0 aliphatic heterocycles. The first-order valence-electron chi connectivity index (χ1n) is 3.43. The van der Waals surface area contributed by atoms with Crippen LogP contribution in [0.1, 0.15) is 6.92 Å². The second kappa shape index (κ2) is 5.22. The minimum Gasteiger partial charge on any atom is -0.385 e. The largest absolute Gasteiger partial charge is 0.385 e. The average molecular weight is 210 g/mol. The molecule has 1 nitrogen and oxygen atoms in total. The van der Waals surface area contributed by atoms with E-state index in [-0.39, 0.29) is 23.2 Å². The van der Waals surface area contributed by atoms with Crippen molar-refractivity contribution in [3.05, 3.63) is 29.0 Å². The van der Waals surface area contributed by atoms with Crippen molar-refractivity contribution in [2.75, 3.05) is 11.9 Å². The zero-order valence-corrected chi connectivity index (χ0v) is 8.18. The zero-order chi connectivity index (χ0) is 8.27. The third-order valence-corrected chi connectivity index (χ3v) is 1.61. The van der Waals surface area contributed by atoms with Gasteiger partial charge < -0.3 is 5.32 Å². The van der Waals surface area contributed by atoms with Crippen molar-refractivity contribution in [3.8, 4) is 0 Å². The lowest BCUT2D eigenvalue weighted by Crippen LogP contribution is -1.96. The van der Waals surface area contributed by atoms with Gasteiger partial charge in [0.25, 0.3) is 0 Å². The van der Waals surface area contributed by atoms with Crippen molar-refractivity contribution >= 4 is 29.7 Å². The summed E-state index contributed by atoms with van der Waals surface area (Å²) in [6.07, 6.45) is 0. The molecule has 0 amide bonds. The van der Waals surface area contributed by atoms with E-state index in [1.54, 1.807) is 6.07 Å². The molecule has 0 spiro atoms. The molecule has 1 aromatic carbocycles. The van der Waals surface area contributed by atoms with Crippen LogP contribution in [0, 0.1) is 5.82 Å². The zero-order valence-electron chi connectivity index (χ0n) is 6.60. The van der Waals surface area contributed by atoms with Crippen molar-refractivity contribution in [1.29, 1.82) is 0 Å². The van der Waals surface area contributed by atoms with E-state index >= 15 is 0 Å². The molecule has 68 valence electrons. The Hall–Kier alpha value is -0.470. The summed E-state index contributed by atoms with van der Waals surface area (Å²) in [5.41, 5.74) is 0.759. The van der Waals surface area contributed by atoms with Crippen LogP contribution in [0.15, 0.2) is 18.2 Å². The van der Waals surface area contributed by atoms with E-state index in [2.05, 4.69) is 5.32 Å².